The second-order valence-electron chi connectivity index (χ2n) is 9.66. The third-order valence-corrected chi connectivity index (χ3v) is 5.67. The highest BCUT2D eigenvalue weighted by Crippen LogP contribution is 2.28. The molecule has 2 amide bonds. The van der Waals surface area contributed by atoms with Gasteiger partial charge >= 0.3 is 12.0 Å². The Bertz CT molecular complexity index is 1390. The van der Waals surface area contributed by atoms with Gasteiger partial charge in [-0.3, -0.25) is 5.32 Å². The molecule has 2 aromatic carbocycles. The van der Waals surface area contributed by atoms with Crippen molar-refractivity contribution in [1.29, 1.82) is 0 Å². The van der Waals surface area contributed by atoms with Crippen LogP contribution < -0.4 is 24.8 Å². The summed E-state index contributed by atoms with van der Waals surface area (Å²) in [4.78, 5) is 21.2. The van der Waals surface area contributed by atoms with Gasteiger partial charge in [-0.25, -0.2) is 9.48 Å². The minimum atomic E-state index is -0.376. The van der Waals surface area contributed by atoms with Crippen molar-refractivity contribution in [2.45, 2.75) is 39.7 Å². The molecular weight excluding hydrogens is 484 g/mol. The average Bonchev–Trinajstić information content (AvgIpc) is 3.32. The van der Waals surface area contributed by atoms with Crippen molar-refractivity contribution in [2.75, 3.05) is 19.5 Å². The van der Waals surface area contributed by atoms with E-state index in [1.54, 1.807) is 16.8 Å². The lowest BCUT2D eigenvalue weighted by molar-refractivity contribution is 0.251. The second kappa shape index (κ2) is 11.2. The van der Waals surface area contributed by atoms with Crippen molar-refractivity contribution in [2.24, 2.45) is 0 Å². The number of rotatable bonds is 8. The molecule has 4 aromatic rings. The number of aromatic nitrogens is 4. The van der Waals surface area contributed by atoms with Crippen LogP contribution in [0.25, 0.3) is 5.69 Å². The fourth-order valence-corrected chi connectivity index (χ4v) is 3.55. The maximum Gasteiger partial charge on any atom is 0.322 e. The van der Waals surface area contributed by atoms with Crippen molar-refractivity contribution < 1.29 is 19.0 Å². The number of anilines is 1. The van der Waals surface area contributed by atoms with Gasteiger partial charge in [-0.1, -0.05) is 56.7 Å². The van der Waals surface area contributed by atoms with Crippen molar-refractivity contribution in [3.8, 4) is 29.2 Å². The molecule has 0 aliphatic rings. The minimum Gasteiger partial charge on any atom is -0.481 e. The van der Waals surface area contributed by atoms with Crippen LogP contribution in [0.15, 0.2) is 60.7 Å². The van der Waals surface area contributed by atoms with Gasteiger partial charge in [0.05, 0.1) is 31.7 Å². The maximum absolute atomic E-state index is 13.0. The molecule has 0 atom stereocenters. The van der Waals surface area contributed by atoms with Crippen LogP contribution in [-0.4, -0.2) is 40.0 Å². The molecule has 2 heterocycles. The van der Waals surface area contributed by atoms with Gasteiger partial charge in [0.15, 0.2) is 0 Å². The topological polar surface area (TPSA) is 112 Å². The first kappa shape index (κ1) is 26.5. The van der Waals surface area contributed by atoms with Crippen molar-refractivity contribution >= 4 is 11.8 Å². The summed E-state index contributed by atoms with van der Waals surface area (Å²) in [6.45, 7) is 8.49. The number of amides is 2. The van der Waals surface area contributed by atoms with E-state index in [2.05, 4.69) is 41.4 Å². The van der Waals surface area contributed by atoms with E-state index < -0.39 is 0 Å². The molecule has 4 rings (SSSR count). The van der Waals surface area contributed by atoms with Gasteiger partial charge in [0.1, 0.15) is 11.6 Å². The summed E-state index contributed by atoms with van der Waals surface area (Å²) in [6.07, 6.45) is 0. The van der Waals surface area contributed by atoms with Gasteiger partial charge in [-0.2, -0.15) is 15.1 Å². The van der Waals surface area contributed by atoms with Gasteiger partial charge < -0.3 is 19.5 Å². The van der Waals surface area contributed by atoms with Crippen LogP contribution in [0.1, 0.15) is 37.6 Å². The Morgan fingerprint density at radius 1 is 0.947 bits per heavy atom. The molecule has 0 radical (unpaired) electrons. The first-order chi connectivity index (χ1) is 18.2. The number of ether oxygens (including phenoxy) is 3. The molecule has 198 valence electrons. The fraction of sp³-hybridized carbons (Fsp3) is 0.286. The van der Waals surface area contributed by atoms with Gasteiger partial charge in [0, 0.05) is 23.6 Å². The smallest absolute Gasteiger partial charge is 0.322 e. The Morgan fingerprint density at radius 3 is 2.34 bits per heavy atom. The van der Waals surface area contributed by atoms with Crippen LogP contribution in [0.2, 0.25) is 0 Å². The number of carbonyl (C=O) groups excluding carboxylic acids is 1. The van der Waals surface area contributed by atoms with E-state index in [1.807, 2.05) is 55.5 Å². The summed E-state index contributed by atoms with van der Waals surface area (Å²) < 4.78 is 18.0. The standard InChI is InChI=1S/C28H32N6O4/c1-18-11-13-20(14-12-18)34-23(15-22(33-34)28(2,3)4)30-26(35)29-17-19-9-7-8-10-21(19)38-25-16-24(36-5)31-27(32-25)37-6/h7-16H,17H2,1-6H3,(H2,29,30,35). The Kier molecular flexibility index (Phi) is 7.80. The highest BCUT2D eigenvalue weighted by molar-refractivity contribution is 5.88. The van der Waals surface area contributed by atoms with Crippen molar-refractivity contribution in [3.05, 3.63) is 77.5 Å². The summed E-state index contributed by atoms with van der Waals surface area (Å²) in [7, 11) is 2.96. The van der Waals surface area contributed by atoms with Gasteiger partial charge in [0.2, 0.25) is 11.8 Å². The molecule has 0 saturated heterocycles. The lowest BCUT2D eigenvalue weighted by atomic mass is 9.92. The van der Waals surface area contributed by atoms with E-state index >= 15 is 0 Å². The molecule has 38 heavy (non-hydrogen) atoms. The van der Waals surface area contributed by atoms with Crippen molar-refractivity contribution in [3.63, 3.8) is 0 Å². The Balaban J connectivity index is 1.50. The third kappa shape index (κ3) is 6.39. The molecule has 0 bridgehead atoms. The lowest BCUT2D eigenvalue weighted by Gasteiger charge is -2.14. The summed E-state index contributed by atoms with van der Waals surface area (Å²) in [5.74, 6) is 1.65. The van der Waals surface area contributed by atoms with Crippen LogP contribution in [0, 0.1) is 6.92 Å². The van der Waals surface area contributed by atoms with Crippen LogP contribution >= 0.6 is 0 Å². The predicted molar refractivity (Wildman–Crippen MR) is 145 cm³/mol. The first-order valence-corrected chi connectivity index (χ1v) is 12.1. The van der Waals surface area contributed by atoms with Crippen LogP contribution in [0.5, 0.6) is 23.5 Å². The van der Waals surface area contributed by atoms with Crippen LogP contribution in [0.4, 0.5) is 10.6 Å². The number of para-hydroxylation sites is 1. The number of nitrogens with one attached hydrogen (secondary N) is 2. The number of hydrogen-bond acceptors (Lipinski definition) is 7. The molecule has 10 heteroatoms. The van der Waals surface area contributed by atoms with E-state index in [0.717, 1.165) is 22.5 Å². The molecule has 2 N–H and O–H groups in total. The normalized spacial score (nSPS) is 11.1. The zero-order valence-corrected chi connectivity index (χ0v) is 22.4. The molecule has 0 aliphatic heterocycles. The van der Waals surface area contributed by atoms with E-state index in [4.69, 9.17) is 19.3 Å². The monoisotopic (exact) mass is 516 g/mol. The van der Waals surface area contributed by atoms with E-state index in [9.17, 15) is 4.79 Å². The molecular formula is C28H32N6O4. The van der Waals surface area contributed by atoms with Gasteiger partial charge in [-0.05, 0) is 25.1 Å². The van der Waals surface area contributed by atoms with E-state index in [-0.39, 0.29) is 29.9 Å². The molecule has 2 aromatic heterocycles. The quantitative estimate of drug-likeness (QED) is 0.322. The third-order valence-electron chi connectivity index (χ3n) is 5.67. The number of urea groups is 1. The predicted octanol–water partition coefficient (Wildman–Crippen LogP) is 5.40. The number of methoxy groups -OCH3 is 2. The van der Waals surface area contributed by atoms with Gasteiger partial charge in [0.25, 0.3) is 0 Å². The minimum absolute atomic E-state index is 0.120. The molecule has 0 fully saturated rings. The number of nitrogens with zero attached hydrogens (tertiary/aromatic N) is 4. The van der Waals surface area contributed by atoms with Gasteiger partial charge in [-0.15, -0.1) is 0 Å². The fourth-order valence-electron chi connectivity index (χ4n) is 3.55. The van der Waals surface area contributed by atoms with E-state index in [0.29, 0.717) is 17.4 Å². The summed E-state index contributed by atoms with van der Waals surface area (Å²) in [6, 6.07) is 18.5. The Morgan fingerprint density at radius 2 is 1.66 bits per heavy atom. The first-order valence-electron chi connectivity index (χ1n) is 12.1. The van der Waals surface area contributed by atoms with Crippen LogP contribution in [-0.2, 0) is 12.0 Å². The van der Waals surface area contributed by atoms with E-state index in [1.165, 1.54) is 14.2 Å². The molecule has 0 unspecified atom stereocenters. The molecule has 10 nitrogen and oxygen atoms in total. The Labute approximate surface area is 222 Å². The molecule has 0 aliphatic carbocycles. The summed E-state index contributed by atoms with van der Waals surface area (Å²) >= 11 is 0. The number of benzene rings is 2. The van der Waals surface area contributed by atoms with Crippen LogP contribution in [0.3, 0.4) is 0 Å². The highest BCUT2D eigenvalue weighted by atomic mass is 16.5. The molecule has 0 spiro atoms. The lowest BCUT2D eigenvalue weighted by Crippen LogP contribution is -2.29. The summed E-state index contributed by atoms with van der Waals surface area (Å²) in [5, 5.41) is 10.6. The summed E-state index contributed by atoms with van der Waals surface area (Å²) in [5.41, 5.74) is 3.43. The number of hydrogen-bond donors (Lipinski definition) is 2. The second-order valence-corrected chi connectivity index (χ2v) is 9.66. The maximum atomic E-state index is 13.0. The highest BCUT2D eigenvalue weighted by Gasteiger charge is 2.21. The zero-order valence-electron chi connectivity index (χ0n) is 22.4. The number of aryl methyl sites for hydroxylation is 1. The average molecular weight is 517 g/mol. The number of carbonyl (C=O) groups is 1. The SMILES string of the molecule is COc1cc(Oc2ccccc2CNC(=O)Nc2cc(C(C)(C)C)nn2-c2ccc(C)cc2)nc(OC)n1. The zero-order chi connectivity index (χ0) is 27.3. The van der Waals surface area contributed by atoms with Crippen molar-refractivity contribution in [1.82, 2.24) is 25.1 Å². The largest absolute Gasteiger partial charge is 0.481 e. The Hall–Kier alpha value is -4.60. The molecule has 0 saturated carbocycles.